The molecule has 0 aliphatic carbocycles. The molecule has 1 atom stereocenters. The van der Waals surface area contributed by atoms with Crippen molar-refractivity contribution < 1.29 is 29.3 Å². The second kappa shape index (κ2) is 7.49. The van der Waals surface area contributed by atoms with E-state index in [4.69, 9.17) is 26.6 Å². The average molecular weight is 316 g/mol. The first-order valence-corrected chi connectivity index (χ1v) is 6.30. The Balaban J connectivity index is 2.56. The van der Waals surface area contributed by atoms with Crippen molar-refractivity contribution in [1.82, 2.24) is 5.32 Å². The van der Waals surface area contributed by atoms with Gasteiger partial charge in [-0.15, -0.1) is 0 Å². The normalized spacial score (nSPS) is 11.5. The van der Waals surface area contributed by atoms with Crippen molar-refractivity contribution in [2.24, 2.45) is 0 Å². The number of carboxylic acids is 2. The second-order valence-corrected chi connectivity index (χ2v) is 4.69. The monoisotopic (exact) mass is 315 g/mol. The summed E-state index contributed by atoms with van der Waals surface area (Å²) in [5.74, 6) is -3.04. The first kappa shape index (κ1) is 16.8. The Morgan fingerprint density at radius 1 is 1.33 bits per heavy atom. The number of hydrogen-bond acceptors (Lipinski definition) is 4. The van der Waals surface area contributed by atoms with Crippen molar-refractivity contribution in [3.05, 3.63) is 28.8 Å². The fourth-order valence-corrected chi connectivity index (χ4v) is 1.76. The molecule has 1 aromatic rings. The summed E-state index contributed by atoms with van der Waals surface area (Å²) in [4.78, 5) is 32.9. The molecule has 0 saturated carbocycles. The van der Waals surface area contributed by atoms with Gasteiger partial charge in [-0.3, -0.25) is 9.59 Å². The van der Waals surface area contributed by atoms with Crippen LogP contribution in [0, 0.1) is 6.92 Å². The lowest BCUT2D eigenvalue weighted by molar-refractivity contribution is -0.147. The van der Waals surface area contributed by atoms with Crippen molar-refractivity contribution in [2.75, 3.05) is 6.61 Å². The highest BCUT2D eigenvalue weighted by Gasteiger charge is 2.23. The van der Waals surface area contributed by atoms with Crippen molar-refractivity contribution >= 4 is 29.4 Å². The molecule has 0 aliphatic rings. The molecule has 1 aromatic carbocycles. The molecular formula is C13H14ClNO6. The Morgan fingerprint density at radius 3 is 2.52 bits per heavy atom. The van der Waals surface area contributed by atoms with E-state index in [9.17, 15) is 14.4 Å². The number of carboxylic acid groups (broad SMARTS) is 2. The molecule has 21 heavy (non-hydrogen) atoms. The minimum Gasteiger partial charge on any atom is -0.484 e. The van der Waals surface area contributed by atoms with Crippen LogP contribution < -0.4 is 10.1 Å². The number of amides is 1. The largest absolute Gasteiger partial charge is 0.484 e. The fourth-order valence-electron chi connectivity index (χ4n) is 1.53. The summed E-state index contributed by atoms with van der Waals surface area (Å²) < 4.78 is 5.23. The van der Waals surface area contributed by atoms with Crippen molar-refractivity contribution in [2.45, 2.75) is 19.4 Å². The molecule has 114 valence electrons. The Kier molecular flexibility index (Phi) is 5.98. The van der Waals surface area contributed by atoms with E-state index < -0.39 is 36.9 Å². The molecule has 0 bridgehead atoms. The van der Waals surface area contributed by atoms with Gasteiger partial charge in [0.2, 0.25) is 0 Å². The number of aliphatic carboxylic acids is 2. The van der Waals surface area contributed by atoms with E-state index >= 15 is 0 Å². The van der Waals surface area contributed by atoms with Crippen LogP contribution in [0.3, 0.4) is 0 Å². The third-order valence-corrected chi connectivity index (χ3v) is 2.74. The van der Waals surface area contributed by atoms with Crippen LogP contribution >= 0.6 is 11.6 Å². The summed E-state index contributed by atoms with van der Waals surface area (Å²) in [6, 6.07) is 3.33. The number of carbonyl (C=O) groups is 3. The van der Waals surface area contributed by atoms with Gasteiger partial charge in [0.15, 0.2) is 6.61 Å². The molecule has 0 saturated heterocycles. The van der Waals surface area contributed by atoms with E-state index in [2.05, 4.69) is 5.32 Å². The standard InChI is InChI=1S/C13H14ClNO6/c1-7-4-8(14)2-3-10(7)21-6-11(16)15-9(13(19)20)5-12(17)18/h2-4,9H,5-6H2,1H3,(H,15,16)(H,17,18)(H,19,20)/t9-/m0/s1. The summed E-state index contributed by atoms with van der Waals surface area (Å²) in [5, 5.41) is 20.0. The molecule has 0 spiro atoms. The molecule has 0 fully saturated rings. The molecule has 1 amide bonds. The third-order valence-electron chi connectivity index (χ3n) is 2.51. The quantitative estimate of drug-likeness (QED) is 0.693. The average Bonchev–Trinajstić information content (AvgIpc) is 2.36. The SMILES string of the molecule is Cc1cc(Cl)ccc1OCC(=O)N[C@@H](CC(=O)O)C(=O)O. The summed E-state index contributed by atoms with van der Waals surface area (Å²) in [6.07, 6.45) is -0.707. The van der Waals surface area contributed by atoms with Crippen LogP contribution in [-0.2, 0) is 14.4 Å². The molecule has 0 radical (unpaired) electrons. The maximum Gasteiger partial charge on any atom is 0.326 e. The van der Waals surface area contributed by atoms with E-state index in [0.29, 0.717) is 10.8 Å². The van der Waals surface area contributed by atoms with Gasteiger partial charge in [-0.2, -0.15) is 0 Å². The van der Waals surface area contributed by atoms with Crippen LogP contribution in [0.4, 0.5) is 0 Å². The molecule has 0 aliphatic heterocycles. The number of halogens is 1. The Morgan fingerprint density at radius 2 is 2.00 bits per heavy atom. The van der Waals surface area contributed by atoms with Crippen molar-refractivity contribution in [3.8, 4) is 5.75 Å². The van der Waals surface area contributed by atoms with Gasteiger partial charge in [-0.05, 0) is 30.7 Å². The molecule has 0 heterocycles. The lowest BCUT2D eigenvalue weighted by atomic mass is 10.2. The van der Waals surface area contributed by atoms with Gasteiger partial charge < -0.3 is 20.3 Å². The lowest BCUT2D eigenvalue weighted by Crippen LogP contribution is -2.44. The number of carbonyl (C=O) groups excluding carboxylic acids is 1. The van der Waals surface area contributed by atoms with Crippen LogP contribution in [0.15, 0.2) is 18.2 Å². The van der Waals surface area contributed by atoms with Gasteiger partial charge in [0.05, 0.1) is 6.42 Å². The van der Waals surface area contributed by atoms with Crippen molar-refractivity contribution in [3.63, 3.8) is 0 Å². The maximum atomic E-state index is 11.6. The zero-order valence-electron chi connectivity index (χ0n) is 11.1. The first-order valence-electron chi connectivity index (χ1n) is 5.92. The Bertz CT molecular complexity index is 560. The summed E-state index contributed by atoms with van der Waals surface area (Å²) in [7, 11) is 0. The Hall–Kier alpha value is -2.28. The number of ether oxygens (including phenoxy) is 1. The smallest absolute Gasteiger partial charge is 0.326 e. The van der Waals surface area contributed by atoms with Crippen LogP contribution in [0.25, 0.3) is 0 Å². The number of aryl methyl sites for hydroxylation is 1. The minimum atomic E-state index is -1.50. The van der Waals surface area contributed by atoms with E-state index in [1.165, 1.54) is 0 Å². The van der Waals surface area contributed by atoms with Gasteiger partial charge in [0.1, 0.15) is 11.8 Å². The van der Waals surface area contributed by atoms with Crippen molar-refractivity contribution in [1.29, 1.82) is 0 Å². The van der Waals surface area contributed by atoms with E-state index in [1.54, 1.807) is 25.1 Å². The zero-order chi connectivity index (χ0) is 16.0. The zero-order valence-corrected chi connectivity index (χ0v) is 11.9. The van der Waals surface area contributed by atoms with E-state index in [-0.39, 0.29) is 0 Å². The van der Waals surface area contributed by atoms with E-state index in [1.807, 2.05) is 0 Å². The molecule has 1 rings (SSSR count). The van der Waals surface area contributed by atoms with Gasteiger partial charge in [-0.25, -0.2) is 4.79 Å². The highest BCUT2D eigenvalue weighted by atomic mass is 35.5. The minimum absolute atomic E-state index is 0.425. The summed E-state index contributed by atoms with van der Waals surface area (Å²) in [5.41, 5.74) is 0.718. The summed E-state index contributed by atoms with van der Waals surface area (Å²) >= 11 is 5.78. The summed E-state index contributed by atoms with van der Waals surface area (Å²) in [6.45, 7) is 1.31. The highest BCUT2D eigenvalue weighted by Crippen LogP contribution is 2.21. The van der Waals surface area contributed by atoms with Gasteiger partial charge in [0.25, 0.3) is 5.91 Å². The molecule has 8 heteroatoms. The number of rotatable bonds is 7. The van der Waals surface area contributed by atoms with Gasteiger partial charge in [0, 0.05) is 5.02 Å². The maximum absolute atomic E-state index is 11.6. The predicted molar refractivity (Wildman–Crippen MR) is 73.5 cm³/mol. The van der Waals surface area contributed by atoms with Gasteiger partial charge in [-0.1, -0.05) is 11.6 Å². The predicted octanol–water partition coefficient (Wildman–Crippen LogP) is 1.07. The first-order chi connectivity index (χ1) is 9.79. The number of nitrogens with one attached hydrogen (secondary N) is 1. The van der Waals surface area contributed by atoms with Gasteiger partial charge >= 0.3 is 11.9 Å². The van der Waals surface area contributed by atoms with E-state index in [0.717, 1.165) is 5.56 Å². The van der Waals surface area contributed by atoms with Crippen LogP contribution in [0.1, 0.15) is 12.0 Å². The number of hydrogen-bond donors (Lipinski definition) is 3. The topological polar surface area (TPSA) is 113 Å². The second-order valence-electron chi connectivity index (χ2n) is 4.25. The molecule has 0 aromatic heterocycles. The van der Waals surface area contributed by atoms with Crippen LogP contribution in [0.5, 0.6) is 5.75 Å². The Labute approximate surface area is 125 Å². The molecular weight excluding hydrogens is 302 g/mol. The molecule has 3 N–H and O–H groups in total. The molecule has 7 nitrogen and oxygen atoms in total. The fraction of sp³-hybridized carbons (Fsp3) is 0.308. The van der Waals surface area contributed by atoms with Crippen LogP contribution in [0.2, 0.25) is 5.02 Å². The lowest BCUT2D eigenvalue weighted by Gasteiger charge is -2.13. The highest BCUT2D eigenvalue weighted by molar-refractivity contribution is 6.30. The molecule has 0 unspecified atom stereocenters. The number of benzene rings is 1. The van der Waals surface area contributed by atoms with Crippen LogP contribution in [-0.4, -0.2) is 40.7 Å². The third kappa shape index (κ3) is 5.70.